The van der Waals surface area contributed by atoms with Crippen molar-refractivity contribution in [3.63, 3.8) is 0 Å². The zero-order chi connectivity index (χ0) is 10.8. The Bertz CT molecular complexity index is 368. The monoisotopic (exact) mass is 224 g/mol. The highest BCUT2D eigenvalue weighted by molar-refractivity contribution is 6.32. The molecule has 0 unspecified atom stereocenters. The number of rotatable bonds is 3. The number of anilines is 1. The normalized spacial score (nSPS) is 15.1. The summed E-state index contributed by atoms with van der Waals surface area (Å²) in [5.41, 5.74) is 1.59. The summed E-state index contributed by atoms with van der Waals surface area (Å²) < 4.78 is 0. The number of nitrogens with zero attached hydrogens (tertiary/aromatic N) is 1. The lowest BCUT2D eigenvalue weighted by Crippen LogP contribution is -2.13. The summed E-state index contributed by atoms with van der Waals surface area (Å²) in [5, 5.41) is 3.18. The van der Waals surface area contributed by atoms with Gasteiger partial charge in [0, 0.05) is 12.6 Å². The highest BCUT2D eigenvalue weighted by Gasteiger charge is 2.24. The number of pyridine rings is 1. The van der Waals surface area contributed by atoms with Crippen molar-refractivity contribution in [2.75, 3.05) is 5.32 Å². The van der Waals surface area contributed by atoms with Crippen molar-refractivity contribution in [2.24, 2.45) is 5.92 Å². The van der Waals surface area contributed by atoms with Crippen LogP contribution in [0, 0.1) is 12.8 Å². The van der Waals surface area contributed by atoms with Gasteiger partial charge in [0.05, 0.1) is 5.69 Å². The van der Waals surface area contributed by atoms with Crippen LogP contribution in [0.3, 0.4) is 0 Å². The van der Waals surface area contributed by atoms with E-state index >= 15 is 0 Å². The van der Waals surface area contributed by atoms with E-state index in [4.69, 9.17) is 11.6 Å². The Hall–Kier alpha value is -1.09. The minimum atomic E-state index is 0.0375. The molecule has 4 heteroatoms. The van der Waals surface area contributed by atoms with Crippen LogP contribution in [0.15, 0.2) is 12.3 Å². The van der Waals surface area contributed by atoms with Gasteiger partial charge in [-0.15, -0.1) is 0 Å². The summed E-state index contributed by atoms with van der Waals surface area (Å²) in [4.78, 5) is 15.5. The zero-order valence-electron chi connectivity index (χ0n) is 8.59. The van der Waals surface area contributed by atoms with E-state index in [1.54, 1.807) is 6.20 Å². The van der Waals surface area contributed by atoms with E-state index in [1.165, 1.54) is 12.8 Å². The van der Waals surface area contributed by atoms with E-state index in [0.29, 0.717) is 23.2 Å². The third kappa shape index (κ3) is 2.69. The third-order valence-electron chi connectivity index (χ3n) is 2.55. The van der Waals surface area contributed by atoms with Crippen molar-refractivity contribution in [3.05, 3.63) is 23.0 Å². The van der Waals surface area contributed by atoms with Crippen LogP contribution >= 0.6 is 11.6 Å². The van der Waals surface area contributed by atoms with Crippen LogP contribution < -0.4 is 5.32 Å². The van der Waals surface area contributed by atoms with E-state index < -0.39 is 0 Å². The van der Waals surface area contributed by atoms with Gasteiger partial charge in [0.25, 0.3) is 0 Å². The lowest BCUT2D eigenvalue weighted by molar-refractivity contribution is -0.116. The van der Waals surface area contributed by atoms with Gasteiger partial charge in [-0.3, -0.25) is 4.79 Å². The smallest absolute Gasteiger partial charge is 0.224 e. The highest BCUT2D eigenvalue weighted by atomic mass is 35.5. The molecule has 0 saturated heterocycles. The molecule has 80 valence electrons. The molecule has 3 nitrogen and oxygen atoms in total. The zero-order valence-corrected chi connectivity index (χ0v) is 9.34. The van der Waals surface area contributed by atoms with Gasteiger partial charge in [-0.05, 0) is 37.3 Å². The van der Waals surface area contributed by atoms with Gasteiger partial charge in [0.15, 0.2) is 5.15 Å². The first-order valence-electron chi connectivity index (χ1n) is 5.08. The molecule has 1 aromatic heterocycles. The van der Waals surface area contributed by atoms with E-state index in [9.17, 15) is 4.79 Å². The first-order valence-corrected chi connectivity index (χ1v) is 5.45. The molecule has 1 fully saturated rings. The summed E-state index contributed by atoms with van der Waals surface area (Å²) in [5.74, 6) is 0.622. The Morgan fingerprint density at radius 2 is 2.40 bits per heavy atom. The fraction of sp³-hybridized carbons (Fsp3) is 0.455. The lowest BCUT2D eigenvalue weighted by atomic mass is 10.2. The predicted molar refractivity (Wildman–Crippen MR) is 60.0 cm³/mol. The Kier molecular flexibility index (Phi) is 2.91. The van der Waals surface area contributed by atoms with E-state index in [0.717, 1.165) is 5.56 Å². The number of carbonyl (C=O) groups excluding carboxylic acids is 1. The molecule has 15 heavy (non-hydrogen) atoms. The molecule has 1 aromatic rings. The van der Waals surface area contributed by atoms with Crippen molar-refractivity contribution < 1.29 is 4.79 Å². The molecule has 2 rings (SSSR count). The molecule has 1 N–H and O–H groups in total. The average molecular weight is 225 g/mol. The first kappa shape index (κ1) is 10.4. The maximum atomic E-state index is 11.6. The second-order valence-corrected chi connectivity index (χ2v) is 4.35. The molecule has 1 amide bonds. The lowest BCUT2D eigenvalue weighted by Gasteiger charge is -2.08. The van der Waals surface area contributed by atoms with Crippen molar-refractivity contribution in [3.8, 4) is 0 Å². The van der Waals surface area contributed by atoms with Crippen LogP contribution in [0.4, 0.5) is 5.69 Å². The Morgan fingerprint density at radius 1 is 1.67 bits per heavy atom. The number of aromatic nitrogens is 1. The maximum absolute atomic E-state index is 11.6. The minimum Gasteiger partial charge on any atom is -0.323 e. The van der Waals surface area contributed by atoms with Crippen molar-refractivity contribution in [1.29, 1.82) is 0 Å². The Balaban J connectivity index is 2.05. The van der Waals surface area contributed by atoms with Gasteiger partial charge in [0.2, 0.25) is 5.91 Å². The van der Waals surface area contributed by atoms with Gasteiger partial charge in [-0.2, -0.15) is 0 Å². The molecule has 1 saturated carbocycles. The predicted octanol–water partition coefficient (Wildman–Crippen LogP) is 2.78. The largest absolute Gasteiger partial charge is 0.323 e. The van der Waals surface area contributed by atoms with E-state index in [-0.39, 0.29) is 5.91 Å². The molecule has 1 aliphatic carbocycles. The van der Waals surface area contributed by atoms with Crippen LogP contribution in [0.2, 0.25) is 5.15 Å². The average Bonchev–Trinajstić information content (AvgIpc) is 2.95. The second kappa shape index (κ2) is 4.19. The van der Waals surface area contributed by atoms with Crippen molar-refractivity contribution in [1.82, 2.24) is 4.98 Å². The van der Waals surface area contributed by atoms with Gasteiger partial charge in [-0.1, -0.05) is 11.6 Å². The number of aryl methyl sites for hydroxylation is 1. The fourth-order valence-electron chi connectivity index (χ4n) is 1.45. The number of carbonyl (C=O) groups is 1. The van der Waals surface area contributed by atoms with Crippen LogP contribution in [0.25, 0.3) is 0 Å². The number of halogens is 1. The van der Waals surface area contributed by atoms with Gasteiger partial charge >= 0.3 is 0 Å². The van der Waals surface area contributed by atoms with Crippen LogP contribution in [0.5, 0.6) is 0 Å². The molecule has 0 bridgehead atoms. The third-order valence-corrected chi connectivity index (χ3v) is 2.84. The van der Waals surface area contributed by atoms with Crippen LogP contribution in [-0.2, 0) is 4.79 Å². The number of amides is 1. The quantitative estimate of drug-likeness (QED) is 0.803. The number of hydrogen-bond donors (Lipinski definition) is 1. The van der Waals surface area contributed by atoms with Gasteiger partial charge < -0.3 is 5.32 Å². The minimum absolute atomic E-state index is 0.0375. The SMILES string of the molecule is Cc1ccnc(Cl)c1NC(=O)CC1CC1. The maximum Gasteiger partial charge on any atom is 0.224 e. The summed E-state index contributed by atoms with van der Waals surface area (Å²) in [6, 6.07) is 1.83. The Labute approximate surface area is 93.8 Å². The molecule has 0 radical (unpaired) electrons. The fourth-order valence-corrected chi connectivity index (χ4v) is 1.70. The van der Waals surface area contributed by atoms with E-state index in [2.05, 4.69) is 10.3 Å². The van der Waals surface area contributed by atoms with E-state index in [1.807, 2.05) is 13.0 Å². The first-order chi connectivity index (χ1) is 7.16. The topological polar surface area (TPSA) is 42.0 Å². The molecular weight excluding hydrogens is 212 g/mol. The summed E-state index contributed by atoms with van der Waals surface area (Å²) in [6.07, 6.45) is 4.58. The summed E-state index contributed by atoms with van der Waals surface area (Å²) in [7, 11) is 0. The molecular formula is C11H13ClN2O. The number of hydrogen-bond acceptors (Lipinski definition) is 2. The number of nitrogens with one attached hydrogen (secondary N) is 1. The molecule has 0 aliphatic heterocycles. The molecule has 0 atom stereocenters. The van der Waals surface area contributed by atoms with Crippen molar-refractivity contribution >= 4 is 23.2 Å². The van der Waals surface area contributed by atoms with Crippen molar-refractivity contribution in [2.45, 2.75) is 26.2 Å². The van der Waals surface area contributed by atoms with Gasteiger partial charge in [-0.25, -0.2) is 4.98 Å². The molecule has 0 aromatic carbocycles. The van der Waals surface area contributed by atoms with Crippen LogP contribution in [0.1, 0.15) is 24.8 Å². The second-order valence-electron chi connectivity index (χ2n) is 3.99. The van der Waals surface area contributed by atoms with Gasteiger partial charge in [0.1, 0.15) is 0 Å². The molecule has 1 aliphatic rings. The summed E-state index contributed by atoms with van der Waals surface area (Å²) in [6.45, 7) is 1.90. The molecule has 0 spiro atoms. The molecule has 1 heterocycles. The summed E-state index contributed by atoms with van der Waals surface area (Å²) >= 11 is 5.90. The standard InChI is InChI=1S/C11H13ClN2O/c1-7-4-5-13-11(12)10(7)14-9(15)6-8-2-3-8/h4-5,8H,2-3,6H2,1H3,(H,14,15). The van der Waals surface area contributed by atoms with Crippen LogP contribution in [-0.4, -0.2) is 10.9 Å². The Morgan fingerprint density at radius 3 is 3.00 bits per heavy atom. The highest BCUT2D eigenvalue weighted by Crippen LogP contribution is 2.33.